The Bertz CT molecular complexity index is 3210. The van der Waals surface area contributed by atoms with Crippen LogP contribution in [0.4, 0.5) is 8.78 Å². The fourth-order valence-electron chi connectivity index (χ4n) is 11.6. The van der Waals surface area contributed by atoms with Crippen molar-refractivity contribution in [3.8, 4) is 17.2 Å². The first-order valence-corrected chi connectivity index (χ1v) is 28.5. The van der Waals surface area contributed by atoms with Crippen molar-refractivity contribution in [3.05, 3.63) is 195 Å². The first kappa shape index (κ1) is 69.9. The monoisotopic (exact) mass is 1220 g/mol. The summed E-state index contributed by atoms with van der Waals surface area (Å²) < 4.78 is 54.1. The van der Waals surface area contributed by atoms with Gasteiger partial charge in [0.1, 0.15) is 17.2 Å². The Morgan fingerprint density at radius 1 is 0.581 bits per heavy atom. The second-order valence-corrected chi connectivity index (χ2v) is 22.2. The molecule has 2 aliphatic heterocycles. The van der Waals surface area contributed by atoms with E-state index in [0.717, 1.165) is 75.9 Å². The molecule has 6 aromatic carbocycles. The highest BCUT2D eigenvalue weighted by Crippen LogP contribution is 2.46. The molecule has 0 radical (unpaired) electrons. The quantitative estimate of drug-likeness (QED) is 0.0350. The number of carbonyl (C=O) groups excluding carboxylic acids is 4. The van der Waals surface area contributed by atoms with Crippen molar-refractivity contribution in [2.24, 2.45) is 5.84 Å². The molecule has 4 aliphatic rings. The van der Waals surface area contributed by atoms with Gasteiger partial charge in [0.25, 0.3) is 24.2 Å². The van der Waals surface area contributed by atoms with Crippen LogP contribution in [0, 0.1) is 11.6 Å². The Morgan fingerprint density at radius 2 is 0.988 bits per heavy atom. The maximum absolute atomic E-state index is 14.0. The van der Waals surface area contributed by atoms with E-state index in [1.807, 2.05) is 35.8 Å². The summed E-state index contributed by atoms with van der Waals surface area (Å²) >= 11 is 0. The minimum Gasteiger partial charge on any atom is -0.494 e. The summed E-state index contributed by atoms with van der Waals surface area (Å²) in [6, 6.07) is 40.3. The summed E-state index contributed by atoms with van der Waals surface area (Å²) in [5.74, 6) is 2.75. The van der Waals surface area contributed by atoms with Crippen molar-refractivity contribution in [1.82, 2.24) is 31.0 Å². The van der Waals surface area contributed by atoms with Gasteiger partial charge in [0.05, 0.1) is 38.5 Å². The summed E-state index contributed by atoms with van der Waals surface area (Å²) in [5.41, 5.74) is 13.9. The Morgan fingerprint density at radius 3 is 1.38 bits per heavy atom. The summed E-state index contributed by atoms with van der Waals surface area (Å²) in [4.78, 5) is 54.3. The molecule has 2 atom stereocenters. The number of nitrogens with one attached hydrogen (secondary N) is 3. The number of carbonyl (C=O) groups is 4. The lowest BCUT2D eigenvalue weighted by atomic mass is 9.76. The van der Waals surface area contributed by atoms with Crippen LogP contribution >= 0.6 is 27.0 Å². The highest BCUT2D eigenvalue weighted by atomic mass is 32.1. The van der Waals surface area contributed by atoms with Crippen LogP contribution in [0.3, 0.4) is 0 Å². The third kappa shape index (κ3) is 17.2. The number of nitrogens with zero attached hydrogens (tertiary/aromatic N) is 3. The van der Waals surface area contributed by atoms with E-state index in [0.29, 0.717) is 24.4 Å². The molecule has 10 rings (SSSR count). The average molecular weight is 1220 g/mol. The highest BCUT2D eigenvalue weighted by Gasteiger charge is 2.54. The lowest BCUT2D eigenvalue weighted by Crippen LogP contribution is -2.54. The number of hydrogen-bond acceptors (Lipinski definition) is 13. The molecule has 464 valence electrons. The number of nitrogens with two attached hydrogens (primary N) is 1. The Labute approximate surface area is 519 Å². The van der Waals surface area contributed by atoms with Crippen molar-refractivity contribution < 1.29 is 51.6 Å². The van der Waals surface area contributed by atoms with Gasteiger partial charge in [0, 0.05) is 29.8 Å². The number of hydrogen-bond donors (Lipinski definition) is 4. The van der Waals surface area contributed by atoms with Gasteiger partial charge in [-0.1, -0.05) is 93.6 Å². The van der Waals surface area contributed by atoms with Crippen LogP contribution in [0.5, 0.6) is 17.2 Å². The molecule has 2 spiro atoms. The minimum absolute atomic E-state index is 0. The number of rotatable bonds is 14. The third-order valence-electron chi connectivity index (χ3n) is 16.4. The molecule has 0 aromatic heterocycles. The predicted octanol–water partition coefficient (Wildman–Crippen LogP) is 10.1. The van der Waals surface area contributed by atoms with Crippen LogP contribution in [0.1, 0.15) is 126 Å². The Hall–Kier alpha value is -6.88. The predicted molar refractivity (Wildman–Crippen MR) is 340 cm³/mol. The van der Waals surface area contributed by atoms with E-state index in [4.69, 9.17) is 24.8 Å². The fourth-order valence-corrected chi connectivity index (χ4v) is 11.6. The second-order valence-electron chi connectivity index (χ2n) is 22.2. The lowest BCUT2D eigenvalue weighted by Gasteiger charge is -2.45. The number of nitrogen functional groups attached to an aromatic ring is 1. The van der Waals surface area contributed by atoms with Crippen LogP contribution in [0.2, 0.25) is 0 Å². The number of fused-ring (bicyclic) bond motifs is 2. The van der Waals surface area contributed by atoms with Crippen LogP contribution in [0.15, 0.2) is 133 Å². The summed E-state index contributed by atoms with van der Waals surface area (Å²) in [5, 5.41) is 0. The molecule has 6 aromatic rings. The third-order valence-corrected chi connectivity index (χ3v) is 16.4. The van der Waals surface area contributed by atoms with Crippen LogP contribution in [-0.2, 0) is 53.0 Å². The number of benzene rings is 6. The molecule has 2 saturated heterocycles. The van der Waals surface area contributed by atoms with Crippen LogP contribution in [-0.4, -0.2) is 108 Å². The molecule has 2 heterocycles. The topological polar surface area (TPSA) is 186 Å². The molecule has 86 heavy (non-hydrogen) atoms. The summed E-state index contributed by atoms with van der Waals surface area (Å²) in [6.07, 6.45) is 5.62. The van der Waals surface area contributed by atoms with E-state index in [2.05, 4.69) is 139 Å². The van der Waals surface area contributed by atoms with E-state index in [9.17, 15) is 28.0 Å². The maximum atomic E-state index is 14.0. The van der Waals surface area contributed by atoms with Gasteiger partial charge in [-0.2, -0.15) is 27.0 Å². The molecule has 0 unspecified atom stereocenters. The molecule has 20 heteroatoms. The van der Waals surface area contributed by atoms with Crippen molar-refractivity contribution in [3.63, 3.8) is 0 Å². The molecule has 0 bridgehead atoms. The molecule has 2 aliphatic carbocycles. The van der Waals surface area contributed by atoms with Gasteiger partial charge >= 0.3 is 0 Å². The number of hydrazine groups is 2. The highest BCUT2D eigenvalue weighted by molar-refractivity contribution is 7.59. The number of aryl methyl sites for hydroxylation is 2. The standard InChI is InChI=1S/C30H32FN3O4.C22H25NO3.C8H9FN2O2.C6H15N.2H2S/c1-29(2)34(18-20-7-5-4-6-8-20)30(19-38-29)14-13-21-9-10-22(15-24(21)17-30)27(35)32-33-28(36)23-11-12-26(37-3)25(31)16-23;1-21(2)23(14-17-6-4-3-5-7-17)22(15-26-21)11-10-18-8-9-20(25-16-24)12-19(18)13-22;1-13-7-3-2-5(4-6(7)9)8(12)11-10;1-4-7(5-2)6-3;;/h4-12,15-16H,13-14,17-19H2,1-3H3,(H,32,35)(H,33,36);3-9,12,16H,10-11,13-15H2,1-2H3;2-4H,10H2,1H3,(H,11,12);4-6H2,1-3H3;2*1H2/t30-;22-;;;;/m00..../s1. The largest absolute Gasteiger partial charge is 0.494 e. The number of halogens is 2. The fraction of sp³-hybridized carbons (Fsp3) is 0.394. The molecule has 5 N–H and O–H groups in total. The zero-order valence-electron chi connectivity index (χ0n) is 50.8. The van der Waals surface area contributed by atoms with Gasteiger partial charge in [0.2, 0.25) is 0 Å². The van der Waals surface area contributed by atoms with Crippen molar-refractivity contribution in [2.75, 3.05) is 47.1 Å². The zero-order valence-corrected chi connectivity index (χ0v) is 52.8. The van der Waals surface area contributed by atoms with E-state index in [1.54, 1.807) is 6.07 Å². The first-order chi connectivity index (χ1) is 40.3. The van der Waals surface area contributed by atoms with Crippen LogP contribution in [0.25, 0.3) is 0 Å². The number of amides is 3. The van der Waals surface area contributed by atoms with Gasteiger partial charge in [0.15, 0.2) is 23.1 Å². The molecule has 3 amide bonds. The SMILES string of the molecule is CC1(C)OC[C@@]2(CCc3ccc(OC=O)cc3C2)N1Cc1ccccc1.CCN(CC)CC.COc1ccc(C(=O)NN)cc1F.COc1ccc(C(=O)NNC(=O)c2ccc3c(c2)C[C@@]2(CC3)COC(C)(C)N2Cc2ccccc2)cc1F.S.S. The lowest BCUT2D eigenvalue weighted by molar-refractivity contribution is -0.120. The minimum atomic E-state index is -0.657. The smallest absolute Gasteiger partial charge is 0.298 e. The van der Waals surface area contributed by atoms with E-state index in [1.165, 1.54) is 85.9 Å². The first-order valence-electron chi connectivity index (χ1n) is 28.5. The number of ether oxygens (including phenoxy) is 5. The van der Waals surface area contributed by atoms with E-state index >= 15 is 0 Å². The Kier molecular flexibility index (Phi) is 25.7. The van der Waals surface area contributed by atoms with E-state index in [-0.39, 0.29) is 66.4 Å². The van der Waals surface area contributed by atoms with Crippen molar-refractivity contribution in [1.29, 1.82) is 0 Å². The van der Waals surface area contributed by atoms with Gasteiger partial charge in [-0.05, 0) is 180 Å². The molecule has 16 nitrogen and oxygen atoms in total. The summed E-state index contributed by atoms with van der Waals surface area (Å²) in [6.45, 7) is 22.2. The van der Waals surface area contributed by atoms with Gasteiger partial charge in [-0.15, -0.1) is 0 Å². The van der Waals surface area contributed by atoms with Gasteiger partial charge < -0.3 is 28.6 Å². The second kappa shape index (κ2) is 31.7. The normalized spacial score (nSPS) is 18.5. The van der Waals surface area contributed by atoms with Crippen molar-refractivity contribution >= 4 is 51.2 Å². The molecular weight excluding hydrogens is 1140 g/mol. The molecule has 0 saturated carbocycles. The molecular formula is C66H85F2N7O9S2. The van der Waals surface area contributed by atoms with Crippen LogP contribution < -0.4 is 36.3 Å². The average Bonchev–Trinajstić information content (AvgIpc) is 1.73. The van der Waals surface area contributed by atoms with Gasteiger partial charge in [-0.3, -0.25) is 45.3 Å². The zero-order chi connectivity index (χ0) is 60.7. The number of methoxy groups -OCH3 is 2. The maximum Gasteiger partial charge on any atom is 0.298 e. The molecule has 2 fully saturated rings. The summed E-state index contributed by atoms with van der Waals surface area (Å²) in [7, 11) is 2.70. The van der Waals surface area contributed by atoms with Gasteiger partial charge in [-0.25, -0.2) is 14.6 Å². The van der Waals surface area contributed by atoms with E-state index < -0.39 is 35.1 Å². The Balaban J connectivity index is 0.000000242. The van der Waals surface area contributed by atoms with Crippen molar-refractivity contribution in [2.45, 2.75) is 123 Å².